The molecular weight excluding hydrogens is 494 g/mol. The summed E-state index contributed by atoms with van der Waals surface area (Å²) in [5, 5.41) is 0. The summed E-state index contributed by atoms with van der Waals surface area (Å²) in [7, 11) is 6.24. The number of hydrogen-bond acceptors (Lipinski definition) is 6. The van der Waals surface area contributed by atoms with Crippen LogP contribution in [-0.2, 0) is 28.4 Å². The molecule has 6 nitrogen and oxygen atoms in total. The van der Waals surface area contributed by atoms with Gasteiger partial charge in [-0.2, -0.15) is 0 Å². The van der Waals surface area contributed by atoms with E-state index in [1.807, 2.05) is 0 Å². The lowest BCUT2D eigenvalue weighted by molar-refractivity contribution is -0.564. The summed E-state index contributed by atoms with van der Waals surface area (Å²) in [6.07, 6.45) is 7.24. The van der Waals surface area contributed by atoms with E-state index in [0.717, 1.165) is 38.0 Å². The first-order valence-electron chi connectivity index (χ1n) is 14.0. The van der Waals surface area contributed by atoms with Crippen LogP contribution in [0, 0.1) is 22.7 Å². The molecule has 8 heteroatoms. The Kier molecular flexibility index (Phi) is 4.67. The van der Waals surface area contributed by atoms with Crippen LogP contribution in [0.4, 0.5) is 0 Å². The van der Waals surface area contributed by atoms with E-state index in [0.29, 0.717) is 11.8 Å². The third-order valence-corrected chi connectivity index (χ3v) is 13.5. The molecule has 8 aliphatic heterocycles. The largest absolute Gasteiger partial charge is 0.343 e. The summed E-state index contributed by atoms with van der Waals surface area (Å²) in [6.45, 7) is 17.8. The van der Waals surface area contributed by atoms with Gasteiger partial charge in [0.05, 0.1) is 22.4 Å². The Bertz CT molecular complexity index is 862. The zero-order valence-corrected chi connectivity index (χ0v) is 25.7. The highest BCUT2D eigenvalue weighted by Gasteiger charge is 2.84. The Balaban J connectivity index is 1.37. The van der Waals surface area contributed by atoms with Crippen molar-refractivity contribution in [1.29, 1.82) is 0 Å². The van der Waals surface area contributed by atoms with Crippen LogP contribution in [0.5, 0.6) is 0 Å². The van der Waals surface area contributed by atoms with E-state index >= 15 is 0 Å². The molecule has 1 saturated carbocycles. The van der Waals surface area contributed by atoms with Gasteiger partial charge in [-0.25, -0.2) is 0 Å². The fourth-order valence-corrected chi connectivity index (χ4v) is 14.6. The van der Waals surface area contributed by atoms with Gasteiger partial charge in [-0.3, -0.25) is 0 Å². The van der Waals surface area contributed by atoms with Crippen molar-refractivity contribution in [2.24, 2.45) is 22.7 Å². The molecule has 9 rings (SSSR count). The van der Waals surface area contributed by atoms with Crippen LogP contribution in [0.1, 0.15) is 93.9 Å². The molecule has 0 aromatic heterocycles. The van der Waals surface area contributed by atoms with Crippen LogP contribution in [-0.4, -0.2) is 57.9 Å². The second-order valence-corrected chi connectivity index (χ2v) is 15.7. The molecule has 0 radical (unpaired) electrons. The molecule has 0 aromatic carbocycles. The summed E-state index contributed by atoms with van der Waals surface area (Å²) in [5.41, 5.74) is -1.69. The van der Waals surface area contributed by atoms with Crippen LogP contribution in [0.3, 0.4) is 0 Å². The lowest BCUT2D eigenvalue weighted by Crippen LogP contribution is -2.87. The average molecular weight is 541 g/mol. The molecule has 8 heterocycles. The third kappa shape index (κ3) is 2.56. The van der Waals surface area contributed by atoms with Gasteiger partial charge in [0, 0.05) is 36.5 Å². The predicted octanol–water partition coefficient (Wildman–Crippen LogP) is 5.38. The monoisotopic (exact) mass is 540 g/mol. The zero-order chi connectivity index (χ0) is 26.1. The van der Waals surface area contributed by atoms with E-state index in [4.69, 9.17) is 28.4 Å². The van der Waals surface area contributed by atoms with Crippen molar-refractivity contribution < 1.29 is 28.4 Å². The summed E-state index contributed by atoms with van der Waals surface area (Å²) in [6, 6.07) is 0. The highest BCUT2D eigenvalue weighted by Crippen LogP contribution is 2.78. The summed E-state index contributed by atoms with van der Waals surface area (Å²) < 4.78 is 40.8. The summed E-state index contributed by atoms with van der Waals surface area (Å²) in [4.78, 5) is 0. The Hall–Kier alpha value is 0.620. The van der Waals surface area contributed by atoms with Crippen molar-refractivity contribution in [3.63, 3.8) is 0 Å². The first-order valence-corrected chi connectivity index (χ1v) is 15.7. The first kappa shape index (κ1) is 25.6. The van der Waals surface area contributed by atoms with E-state index in [1.54, 1.807) is 0 Å². The molecule has 0 spiro atoms. The maximum absolute atomic E-state index is 6.99. The average Bonchev–Trinajstić information content (AvgIpc) is 2.60. The molecule has 12 unspecified atom stereocenters. The Morgan fingerprint density at radius 2 is 0.722 bits per heavy atom. The van der Waals surface area contributed by atoms with Crippen molar-refractivity contribution in [3.05, 3.63) is 0 Å². The Labute approximate surface area is 221 Å². The lowest BCUT2D eigenvalue weighted by Gasteiger charge is -2.81. The standard InChI is InChI=1S/C28H46O6P2/c1-19-11-23(5)30-20(2,12-24(6,29-19)33-23)27(19,15-35)17-9-10-18(17)28(16-36)21(3)13-25(7)32-22(28,4)14-26(8,31-21)34-25/h17-18H,9-16,35-36H2,1-8H3. The first-order chi connectivity index (χ1) is 16.4. The van der Waals surface area contributed by atoms with Crippen molar-refractivity contribution in [2.75, 3.05) is 12.3 Å². The van der Waals surface area contributed by atoms with Crippen LogP contribution in [0.15, 0.2) is 0 Å². The van der Waals surface area contributed by atoms with E-state index in [1.165, 1.54) is 12.8 Å². The fourth-order valence-electron chi connectivity index (χ4n) is 12.3. The van der Waals surface area contributed by atoms with Crippen LogP contribution < -0.4 is 0 Å². The molecule has 0 N–H and O–H groups in total. The fraction of sp³-hybridized carbons (Fsp3) is 1.00. The molecule has 0 aromatic rings. The molecule has 1 aliphatic carbocycles. The Morgan fingerprint density at radius 3 is 0.917 bits per heavy atom. The van der Waals surface area contributed by atoms with E-state index in [2.05, 4.69) is 73.9 Å². The molecule has 9 aliphatic rings. The van der Waals surface area contributed by atoms with Crippen LogP contribution in [0.25, 0.3) is 0 Å². The van der Waals surface area contributed by atoms with Gasteiger partial charge < -0.3 is 28.4 Å². The number of hydrogen-bond donors (Lipinski definition) is 0. The number of rotatable bonds is 4. The third-order valence-electron chi connectivity index (χ3n) is 12.2. The molecular formula is C28H46O6P2. The molecule has 9 fully saturated rings. The second-order valence-electron chi connectivity index (χ2n) is 14.9. The smallest absolute Gasteiger partial charge is 0.172 e. The molecule has 36 heavy (non-hydrogen) atoms. The van der Waals surface area contributed by atoms with Gasteiger partial charge in [0.15, 0.2) is 23.1 Å². The van der Waals surface area contributed by atoms with Gasteiger partial charge in [-0.1, -0.05) is 0 Å². The van der Waals surface area contributed by atoms with Gasteiger partial charge in [-0.15, -0.1) is 18.5 Å². The quantitative estimate of drug-likeness (QED) is 0.447. The molecule has 8 saturated heterocycles. The summed E-state index contributed by atoms with van der Waals surface area (Å²) in [5.74, 6) is -1.58. The normalized spacial score (nSPS) is 68.8. The van der Waals surface area contributed by atoms with E-state index in [-0.39, 0.29) is 33.2 Å². The Morgan fingerprint density at radius 1 is 0.472 bits per heavy atom. The van der Waals surface area contributed by atoms with Gasteiger partial charge in [0.1, 0.15) is 0 Å². The van der Waals surface area contributed by atoms with Crippen molar-refractivity contribution in [1.82, 2.24) is 0 Å². The van der Waals surface area contributed by atoms with E-state index in [9.17, 15) is 0 Å². The highest BCUT2D eigenvalue weighted by atomic mass is 31.0. The minimum atomic E-state index is -0.608. The topological polar surface area (TPSA) is 55.4 Å². The van der Waals surface area contributed by atoms with Crippen molar-refractivity contribution in [3.8, 4) is 0 Å². The zero-order valence-electron chi connectivity index (χ0n) is 23.4. The van der Waals surface area contributed by atoms with Crippen LogP contribution >= 0.6 is 18.5 Å². The minimum absolute atomic E-state index is 0.158. The second kappa shape index (κ2) is 6.57. The summed E-state index contributed by atoms with van der Waals surface area (Å²) >= 11 is 0. The van der Waals surface area contributed by atoms with Crippen molar-refractivity contribution in [2.45, 2.75) is 139 Å². The highest BCUT2D eigenvalue weighted by molar-refractivity contribution is 7.16. The maximum Gasteiger partial charge on any atom is 0.172 e. The minimum Gasteiger partial charge on any atom is -0.343 e. The number of ether oxygens (including phenoxy) is 6. The molecule has 204 valence electrons. The van der Waals surface area contributed by atoms with Gasteiger partial charge >= 0.3 is 0 Å². The molecule has 12 atom stereocenters. The SMILES string of the molecule is CC12CC3(C)OC(C)(CC(C)(O1)C3(CP)C1CCC1C1(CP)C3(C)CC4(C)OC(C)(CC1(C)O4)O3)O2. The van der Waals surface area contributed by atoms with E-state index < -0.39 is 23.1 Å². The predicted molar refractivity (Wildman–Crippen MR) is 142 cm³/mol. The molecule has 8 bridgehead atoms. The van der Waals surface area contributed by atoms with Crippen LogP contribution in [0.2, 0.25) is 0 Å². The lowest BCUT2D eigenvalue weighted by atomic mass is 9.37. The van der Waals surface area contributed by atoms with Crippen molar-refractivity contribution >= 4 is 18.5 Å². The van der Waals surface area contributed by atoms with Gasteiger partial charge in [0.2, 0.25) is 0 Å². The van der Waals surface area contributed by atoms with Gasteiger partial charge in [-0.05, 0) is 92.4 Å². The van der Waals surface area contributed by atoms with Gasteiger partial charge in [0.25, 0.3) is 0 Å². The molecule has 0 amide bonds. The maximum atomic E-state index is 6.99.